The standard InChI is InChI=1S/C10H13N.H3N/c1-2-5-9(6-3-1)10-7-4-8-11-10;/h1-3,5-6,10-11H,4,7-8H2;1H3. The van der Waals surface area contributed by atoms with E-state index in [4.69, 9.17) is 0 Å². The lowest BCUT2D eigenvalue weighted by atomic mass is 10.1. The molecule has 2 rings (SSSR count). The Hall–Kier alpha value is -0.860. The van der Waals surface area contributed by atoms with Crippen LogP contribution in [0.1, 0.15) is 24.4 Å². The quantitative estimate of drug-likeness (QED) is 0.669. The van der Waals surface area contributed by atoms with Crippen LogP contribution in [-0.2, 0) is 0 Å². The van der Waals surface area contributed by atoms with Gasteiger partial charge in [0.1, 0.15) is 0 Å². The van der Waals surface area contributed by atoms with Crippen molar-refractivity contribution in [2.45, 2.75) is 18.9 Å². The minimum absolute atomic E-state index is 0. The minimum atomic E-state index is 0. The van der Waals surface area contributed by atoms with E-state index in [-0.39, 0.29) is 6.15 Å². The van der Waals surface area contributed by atoms with Crippen LogP contribution in [0.25, 0.3) is 0 Å². The van der Waals surface area contributed by atoms with Crippen LogP contribution in [-0.4, -0.2) is 6.54 Å². The van der Waals surface area contributed by atoms with Crippen LogP contribution in [0.2, 0.25) is 0 Å². The summed E-state index contributed by atoms with van der Waals surface area (Å²) in [7, 11) is 0. The molecule has 66 valence electrons. The predicted octanol–water partition coefficient (Wildman–Crippen LogP) is 2.27. The molecule has 1 aliphatic heterocycles. The molecule has 0 aromatic heterocycles. The molecule has 0 bridgehead atoms. The fraction of sp³-hybridized carbons (Fsp3) is 0.400. The van der Waals surface area contributed by atoms with E-state index in [1.807, 2.05) is 0 Å². The van der Waals surface area contributed by atoms with E-state index >= 15 is 0 Å². The largest absolute Gasteiger partial charge is 0.344 e. The van der Waals surface area contributed by atoms with E-state index in [0.29, 0.717) is 6.04 Å². The molecule has 1 heterocycles. The summed E-state index contributed by atoms with van der Waals surface area (Å²) in [6, 6.07) is 11.3. The van der Waals surface area contributed by atoms with Crippen molar-refractivity contribution in [2.75, 3.05) is 6.54 Å². The molecule has 0 amide bonds. The van der Waals surface area contributed by atoms with Gasteiger partial charge in [-0.3, -0.25) is 0 Å². The van der Waals surface area contributed by atoms with E-state index < -0.39 is 0 Å². The SMILES string of the molecule is N.c1ccc(C2CCCN2)cc1. The summed E-state index contributed by atoms with van der Waals surface area (Å²) >= 11 is 0. The molecular weight excluding hydrogens is 148 g/mol. The lowest BCUT2D eigenvalue weighted by Crippen LogP contribution is -2.12. The van der Waals surface area contributed by atoms with Gasteiger partial charge in [-0.2, -0.15) is 0 Å². The van der Waals surface area contributed by atoms with Crippen LogP contribution in [0.15, 0.2) is 30.3 Å². The molecule has 1 fully saturated rings. The Labute approximate surface area is 73.6 Å². The maximum Gasteiger partial charge on any atom is 0.0320 e. The monoisotopic (exact) mass is 164 g/mol. The molecule has 1 aromatic rings. The second kappa shape index (κ2) is 4.24. The third-order valence-electron chi connectivity index (χ3n) is 2.26. The van der Waals surface area contributed by atoms with Gasteiger partial charge in [0.15, 0.2) is 0 Å². The Morgan fingerprint density at radius 3 is 2.50 bits per heavy atom. The molecule has 2 nitrogen and oxygen atoms in total. The van der Waals surface area contributed by atoms with Crippen LogP contribution in [0.3, 0.4) is 0 Å². The summed E-state index contributed by atoms with van der Waals surface area (Å²) in [5.41, 5.74) is 1.44. The highest BCUT2D eigenvalue weighted by Crippen LogP contribution is 2.21. The number of nitrogens with one attached hydrogen (secondary N) is 1. The summed E-state index contributed by atoms with van der Waals surface area (Å²) in [5.74, 6) is 0. The van der Waals surface area contributed by atoms with Crippen molar-refractivity contribution in [1.82, 2.24) is 11.5 Å². The number of benzene rings is 1. The molecule has 0 aliphatic carbocycles. The van der Waals surface area contributed by atoms with Crippen molar-refractivity contribution in [2.24, 2.45) is 0 Å². The first kappa shape index (κ1) is 9.23. The molecule has 0 saturated carbocycles. The maximum absolute atomic E-state index is 3.47. The summed E-state index contributed by atoms with van der Waals surface area (Å²) in [6.07, 6.45) is 2.61. The van der Waals surface area contributed by atoms with Crippen molar-refractivity contribution >= 4 is 0 Å². The first-order valence-corrected chi connectivity index (χ1v) is 4.25. The first-order valence-electron chi connectivity index (χ1n) is 4.25. The van der Waals surface area contributed by atoms with E-state index in [0.717, 1.165) is 0 Å². The highest BCUT2D eigenvalue weighted by Gasteiger charge is 2.14. The fourth-order valence-corrected chi connectivity index (χ4v) is 1.65. The van der Waals surface area contributed by atoms with Crippen LogP contribution < -0.4 is 11.5 Å². The third kappa shape index (κ3) is 1.84. The van der Waals surface area contributed by atoms with Gasteiger partial charge in [-0.1, -0.05) is 30.3 Å². The zero-order valence-electron chi connectivity index (χ0n) is 7.29. The molecule has 0 radical (unpaired) electrons. The topological polar surface area (TPSA) is 47.0 Å². The molecule has 12 heavy (non-hydrogen) atoms. The average molecular weight is 164 g/mol. The fourth-order valence-electron chi connectivity index (χ4n) is 1.65. The van der Waals surface area contributed by atoms with Gasteiger partial charge in [-0.15, -0.1) is 0 Å². The summed E-state index contributed by atoms with van der Waals surface area (Å²) in [6.45, 7) is 1.18. The molecule has 2 heteroatoms. The Balaban J connectivity index is 0.000000720. The summed E-state index contributed by atoms with van der Waals surface area (Å²) in [5, 5.41) is 3.47. The maximum atomic E-state index is 3.47. The second-order valence-corrected chi connectivity index (χ2v) is 3.06. The molecule has 0 spiro atoms. The zero-order valence-corrected chi connectivity index (χ0v) is 7.29. The Kier molecular flexibility index (Phi) is 3.26. The highest BCUT2D eigenvalue weighted by molar-refractivity contribution is 5.19. The molecule has 1 aromatic carbocycles. The summed E-state index contributed by atoms with van der Waals surface area (Å²) in [4.78, 5) is 0. The molecule has 1 atom stereocenters. The lowest BCUT2D eigenvalue weighted by molar-refractivity contribution is 0.648. The predicted molar refractivity (Wildman–Crippen MR) is 51.4 cm³/mol. The van der Waals surface area contributed by atoms with Gasteiger partial charge in [-0.05, 0) is 24.9 Å². The molecule has 4 N–H and O–H groups in total. The van der Waals surface area contributed by atoms with Crippen molar-refractivity contribution in [1.29, 1.82) is 0 Å². The van der Waals surface area contributed by atoms with Crippen LogP contribution >= 0.6 is 0 Å². The van der Waals surface area contributed by atoms with Crippen LogP contribution in [0.4, 0.5) is 0 Å². The van der Waals surface area contributed by atoms with E-state index in [2.05, 4.69) is 35.6 Å². The molecule has 1 aliphatic rings. The van der Waals surface area contributed by atoms with Crippen molar-refractivity contribution in [3.8, 4) is 0 Å². The third-order valence-corrected chi connectivity index (χ3v) is 2.26. The first-order chi connectivity index (χ1) is 5.47. The number of hydrogen-bond acceptors (Lipinski definition) is 2. The van der Waals surface area contributed by atoms with Crippen molar-refractivity contribution in [3.63, 3.8) is 0 Å². The van der Waals surface area contributed by atoms with E-state index in [1.165, 1.54) is 24.9 Å². The Bertz CT molecular complexity index is 215. The Morgan fingerprint density at radius 2 is 1.92 bits per heavy atom. The average Bonchev–Trinajstić information content (AvgIpc) is 2.58. The second-order valence-electron chi connectivity index (χ2n) is 3.06. The van der Waals surface area contributed by atoms with Crippen LogP contribution in [0.5, 0.6) is 0 Å². The van der Waals surface area contributed by atoms with Gasteiger partial charge >= 0.3 is 0 Å². The van der Waals surface area contributed by atoms with E-state index in [1.54, 1.807) is 0 Å². The number of hydrogen-bond donors (Lipinski definition) is 2. The zero-order chi connectivity index (χ0) is 7.52. The molecular formula is C10H16N2. The van der Waals surface area contributed by atoms with Gasteiger partial charge in [0.25, 0.3) is 0 Å². The molecule has 1 unspecified atom stereocenters. The molecule has 1 saturated heterocycles. The number of rotatable bonds is 1. The van der Waals surface area contributed by atoms with Crippen LogP contribution in [0, 0.1) is 0 Å². The smallest absolute Gasteiger partial charge is 0.0320 e. The van der Waals surface area contributed by atoms with E-state index in [9.17, 15) is 0 Å². The Morgan fingerprint density at radius 1 is 1.17 bits per heavy atom. The van der Waals surface area contributed by atoms with Crippen molar-refractivity contribution in [3.05, 3.63) is 35.9 Å². The normalized spacial score (nSPS) is 21.8. The highest BCUT2D eigenvalue weighted by atomic mass is 14.9. The van der Waals surface area contributed by atoms with Crippen molar-refractivity contribution < 1.29 is 0 Å². The summed E-state index contributed by atoms with van der Waals surface area (Å²) < 4.78 is 0. The van der Waals surface area contributed by atoms with Gasteiger partial charge < -0.3 is 11.5 Å². The van der Waals surface area contributed by atoms with Gasteiger partial charge in [-0.25, -0.2) is 0 Å². The lowest BCUT2D eigenvalue weighted by Gasteiger charge is -2.08. The van der Waals surface area contributed by atoms with Gasteiger partial charge in [0.2, 0.25) is 0 Å². The minimum Gasteiger partial charge on any atom is -0.344 e. The van der Waals surface area contributed by atoms with Gasteiger partial charge in [0, 0.05) is 6.04 Å². The van der Waals surface area contributed by atoms with Gasteiger partial charge in [0.05, 0.1) is 0 Å².